The van der Waals surface area contributed by atoms with Crippen LogP contribution in [0.3, 0.4) is 0 Å². The second-order valence-corrected chi connectivity index (χ2v) is 7.95. The minimum Gasteiger partial charge on any atom is -0.481 e. The van der Waals surface area contributed by atoms with Gasteiger partial charge in [-0.3, -0.25) is 4.79 Å². The van der Waals surface area contributed by atoms with E-state index in [1.54, 1.807) is 0 Å². The lowest BCUT2D eigenvalue weighted by Crippen LogP contribution is -1.93. The first kappa shape index (κ1) is 25.9. The summed E-state index contributed by atoms with van der Waals surface area (Å²) in [7, 11) is 0. The van der Waals surface area contributed by atoms with Gasteiger partial charge in [0.2, 0.25) is 0 Å². The van der Waals surface area contributed by atoms with E-state index < -0.39 is 5.97 Å². The van der Waals surface area contributed by atoms with E-state index in [2.05, 4.69) is 26.9 Å². The molecule has 170 valence electrons. The topological polar surface area (TPSA) is 118 Å². The SMILES string of the molecule is CCCCCCCCCCCCCCCCCC(=O)O.Nc1ncnc2nc[nH]c12. The lowest BCUT2D eigenvalue weighted by atomic mass is 10.0. The molecular weight excluding hydrogens is 378 g/mol. The van der Waals surface area contributed by atoms with E-state index >= 15 is 0 Å². The van der Waals surface area contributed by atoms with E-state index in [-0.39, 0.29) is 0 Å². The third-order valence-electron chi connectivity index (χ3n) is 5.25. The van der Waals surface area contributed by atoms with Gasteiger partial charge in [0.05, 0.1) is 6.33 Å². The summed E-state index contributed by atoms with van der Waals surface area (Å²) < 4.78 is 0. The number of hydrogen-bond donors (Lipinski definition) is 3. The number of nitrogen functional groups attached to an aromatic ring is 1. The van der Waals surface area contributed by atoms with Crippen molar-refractivity contribution < 1.29 is 9.90 Å². The Labute approximate surface area is 181 Å². The first-order valence-corrected chi connectivity index (χ1v) is 11.8. The molecule has 2 aromatic heterocycles. The summed E-state index contributed by atoms with van der Waals surface area (Å²) in [6.07, 6.45) is 23.1. The highest BCUT2D eigenvalue weighted by atomic mass is 16.4. The van der Waals surface area contributed by atoms with Crippen molar-refractivity contribution >= 4 is 23.0 Å². The van der Waals surface area contributed by atoms with Gasteiger partial charge in [-0.15, -0.1) is 0 Å². The van der Waals surface area contributed by atoms with Crippen molar-refractivity contribution in [1.29, 1.82) is 0 Å². The van der Waals surface area contributed by atoms with Gasteiger partial charge in [-0.2, -0.15) is 0 Å². The van der Waals surface area contributed by atoms with Crippen molar-refractivity contribution in [2.45, 2.75) is 110 Å². The lowest BCUT2D eigenvalue weighted by Gasteiger charge is -2.03. The van der Waals surface area contributed by atoms with Crippen LogP contribution in [-0.2, 0) is 4.79 Å². The van der Waals surface area contributed by atoms with Gasteiger partial charge in [0.15, 0.2) is 11.5 Å². The summed E-state index contributed by atoms with van der Waals surface area (Å²) in [6, 6.07) is 0. The number of nitrogens with one attached hydrogen (secondary N) is 1. The zero-order valence-corrected chi connectivity index (χ0v) is 18.7. The number of aromatic nitrogens is 4. The average molecular weight is 420 g/mol. The van der Waals surface area contributed by atoms with Gasteiger partial charge in [-0.05, 0) is 6.42 Å². The van der Waals surface area contributed by atoms with E-state index in [1.807, 2.05) is 0 Å². The molecule has 0 aromatic carbocycles. The summed E-state index contributed by atoms with van der Waals surface area (Å²) in [4.78, 5) is 24.7. The number of anilines is 1. The van der Waals surface area contributed by atoms with Crippen molar-refractivity contribution in [3.8, 4) is 0 Å². The molecule has 0 unspecified atom stereocenters. The predicted octanol–water partition coefficient (Wildman–Crippen LogP) is 6.27. The minimum atomic E-state index is -0.653. The molecule has 7 nitrogen and oxygen atoms in total. The number of aromatic amines is 1. The Hall–Kier alpha value is -2.18. The fourth-order valence-corrected chi connectivity index (χ4v) is 3.43. The smallest absolute Gasteiger partial charge is 0.303 e. The van der Waals surface area contributed by atoms with Crippen molar-refractivity contribution in [3.63, 3.8) is 0 Å². The summed E-state index contributed by atoms with van der Waals surface area (Å²) in [5.74, 6) is -0.220. The van der Waals surface area contributed by atoms with Crippen molar-refractivity contribution in [2.75, 3.05) is 5.73 Å². The molecule has 0 aliphatic heterocycles. The van der Waals surface area contributed by atoms with Gasteiger partial charge in [0.25, 0.3) is 0 Å². The molecule has 0 fully saturated rings. The van der Waals surface area contributed by atoms with Crippen LogP contribution in [0.4, 0.5) is 5.82 Å². The molecule has 0 amide bonds. The Morgan fingerprint density at radius 1 is 0.833 bits per heavy atom. The highest BCUT2D eigenvalue weighted by Crippen LogP contribution is 2.13. The number of hydrogen-bond acceptors (Lipinski definition) is 5. The molecule has 2 rings (SSSR count). The molecule has 0 spiro atoms. The number of nitrogens with zero attached hydrogens (tertiary/aromatic N) is 3. The van der Waals surface area contributed by atoms with E-state index in [4.69, 9.17) is 10.8 Å². The fourth-order valence-electron chi connectivity index (χ4n) is 3.43. The third kappa shape index (κ3) is 13.1. The Morgan fingerprint density at radius 3 is 1.80 bits per heavy atom. The molecule has 2 aromatic rings. The van der Waals surface area contributed by atoms with Gasteiger partial charge in [0, 0.05) is 6.42 Å². The maximum Gasteiger partial charge on any atom is 0.303 e. The van der Waals surface area contributed by atoms with Crippen molar-refractivity contribution in [3.05, 3.63) is 12.7 Å². The molecule has 7 heteroatoms. The maximum atomic E-state index is 10.3. The van der Waals surface area contributed by atoms with Crippen LogP contribution in [0.2, 0.25) is 0 Å². The highest BCUT2D eigenvalue weighted by molar-refractivity contribution is 5.80. The first-order chi connectivity index (χ1) is 14.6. The van der Waals surface area contributed by atoms with Crippen LogP contribution in [0.15, 0.2) is 12.7 Å². The first-order valence-electron chi connectivity index (χ1n) is 11.8. The molecule has 4 N–H and O–H groups in total. The minimum absolute atomic E-state index is 0.345. The Kier molecular flexibility index (Phi) is 15.2. The molecule has 30 heavy (non-hydrogen) atoms. The van der Waals surface area contributed by atoms with Crippen LogP contribution in [0.25, 0.3) is 11.2 Å². The Morgan fingerprint density at radius 2 is 1.33 bits per heavy atom. The number of rotatable bonds is 16. The van der Waals surface area contributed by atoms with Crippen LogP contribution in [-0.4, -0.2) is 31.0 Å². The molecule has 2 heterocycles. The van der Waals surface area contributed by atoms with E-state index in [0.717, 1.165) is 12.8 Å². The van der Waals surface area contributed by atoms with Crippen molar-refractivity contribution in [2.24, 2.45) is 0 Å². The van der Waals surface area contributed by atoms with Crippen LogP contribution in [0, 0.1) is 0 Å². The number of nitrogens with two attached hydrogens (primary N) is 1. The number of imidazole rings is 1. The van der Waals surface area contributed by atoms with Gasteiger partial charge in [-0.25, -0.2) is 15.0 Å². The van der Waals surface area contributed by atoms with Crippen LogP contribution < -0.4 is 5.73 Å². The molecule has 0 atom stereocenters. The Balaban J connectivity index is 0.000000367. The summed E-state index contributed by atoms with van der Waals surface area (Å²) >= 11 is 0. The lowest BCUT2D eigenvalue weighted by molar-refractivity contribution is -0.137. The van der Waals surface area contributed by atoms with E-state index in [1.165, 1.54) is 96.1 Å². The quantitative estimate of drug-likeness (QED) is 0.276. The second kappa shape index (κ2) is 17.7. The maximum absolute atomic E-state index is 10.3. The zero-order valence-electron chi connectivity index (χ0n) is 18.7. The number of carboxylic acids is 1. The summed E-state index contributed by atoms with van der Waals surface area (Å²) in [5, 5.41) is 8.52. The summed E-state index contributed by atoms with van der Waals surface area (Å²) in [5.41, 5.74) is 6.78. The number of H-pyrrole nitrogens is 1. The highest BCUT2D eigenvalue weighted by Gasteiger charge is 1.99. The monoisotopic (exact) mass is 419 g/mol. The Bertz CT molecular complexity index is 674. The van der Waals surface area contributed by atoms with Crippen LogP contribution in [0.5, 0.6) is 0 Å². The second-order valence-electron chi connectivity index (χ2n) is 7.95. The molecule has 0 saturated carbocycles. The fraction of sp³-hybridized carbons (Fsp3) is 0.739. The summed E-state index contributed by atoms with van der Waals surface area (Å²) in [6.45, 7) is 2.27. The standard InChI is InChI=1S/C18H36O2.C5H5N5/c1-2-3-4-5-6-7-8-9-10-11-12-13-14-15-16-17-18(19)20;6-4-3-5(9-1-7-3)10-2-8-4/h2-17H2,1H3,(H,19,20);1-2H,(H3,6,7,8,9,10). The number of unbranched alkanes of at least 4 members (excludes halogenated alkanes) is 14. The molecule has 0 saturated heterocycles. The van der Waals surface area contributed by atoms with Gasteiger partial charge < -0.3 is 15.8 Å². The van der Waals surface area contributed by atoms with Crippen molar-refractivity contribution in [1.82, 2.24) is 19.9 Å². The van der Waals surface area contributed by atoms with Crippen LogP contribution in [0.1, 0.15) is 110 Å². The number of carboxylic acid groups (broad SMARTS) is 1. The van der Waals surface area contributed by atoms with Gasteiger partial charge in [0.1, 0.15) is 11.8 Å². The van der Waals surface area contributed by atoms with E-state index in [9.17, 15) is 4.79 Å². The van der Waals surface area contributed by atoms with Crippen LogP contribution >= 0.6 is 0 Å². The molecule has 0 aliphatic carbocycles. The van der Waals surface area contributed by atoms with Gasteiger partial charge in [-0.1, -0.05) is 96.8 Å². The van der Waals surface area contributed by atoms with Gasteiger partial charge >= 0.3 is 5.97 Å². The molecule has 0 bridgehead atoms. The number of fused-ring (bicyclic) bond motifs is 1. The third-order valence-corrected chi connectivity index (χ3v) is 5.25. The number of carbonyl (C=O) groups is 1. The predicted molar refractivity (Wildman–Crippen MR) is 123 cm³/mol. The number of aliphatic carboxylic acids is 1. The zero-order chi connectivity index (χ0) is 21.9. The largest absolute Gasteiger partial charge is 0.481 e. The van der Waals surface area contributed by atoms with E-state index in [0.29, 0.717) is 23.4 Å². The average Bonchev–Trinajstić information content (AvgIpc) is 3.21. The normalized spacial score (nSPS) is 10.7. The molecule has 0 radical (unpaired) electrons. The molecule has 0 aliphatic rings. The molecular formula is C23H41N5O2.